The first-order valence-electron chi connectivity index (χ1n) is 10.4. The van der Waals surface area contributed by atoms with Gasteiger partial charge in [0.05, 0.1) is 10.5 Å². The lowest BCUT2D eigenvalue weighted by atomic mass is 9.76. The maximum Gasteiger partial charge on any atom is 0.269 e. The molecule has 0 saturated heterocycles. The fraction of sp³-hybridized carbons (Fsp3) is 0.375. The Morgan fingerprint density at radius 3 is 2.57 bits per heavy atom. The van der Waals surface area contributed by atoms with Gasteiger partial charge < -0.3 is 5.11 Å². The summed E-state index contributed by atoms with van der Waals surface area (Å²) < 4.78 is 28.0. The topological polar surface area (TPSA) is 72.2 Å². The van der Waals surface area contributed by atoms with Gasteiger partial charge in [-0.3, -0.25) is 0 Å². The van der Waals surface area contributed by atoms with Gasteiger partial charge in [0.2, 0.25) is 0 Å². The summed E-state index contributed by atoms with van der Waals surface area (Å²) in [5, 5.41) is 12.2. The third-order valence-corrected chi connectivity index (χ3v) is 8.06. The van der Waals surface area contributed by atoms with Crippen LogP contribution in [0.1, 0.15) is 56.6 Å². The minimum absolute atomic E-state index is 0.219. The van der Waals surface area contributed by atoms with E-state index in [1.165, 1.54) is 3.97 Å². The number of nitrogens with zero attached hydrogens (tertiary/aromatic N) is 2. The van der Waals surface area contributed by atoms with Gasteiger partial charge in [-0.15, -0.1) is 0 Å². The largest absolute Gasteiger partial charge is 0.385 e. The van der Waals surface area contributed by atoms with Crippen LogP contribution in [0.25, 0.3) is 11.0 Å². The van der Waals surface area contributed by atoms with Crippen LogP contribution in [0.5, 0.6) is 0 Å². The van der Waals surface area contributed by atoms with Gasteiger partial charge in [0, 0.05) is 23.7 Å². The molecule has 1 aliphatic rings. The molecule has 5 nitrogen and oxygen atoms in total. The van der Waals surface area contributed by atoms with Crippen molar-refractivity contribution in [2.24, 2.45) is 0 Å². The molecule has 0 unspecified atom stereocenters. The van der Waals surface area contributed by atoms with E-state index in [1.54, 1.807) is 42.7 Å². The number of hydrogen-bond donors (Lipinski definition) is 1. The van der Waals surface area contributed by atoms with E-state index in [-0.39, 0.29) is 10.8 Å². The summed E-state index contributed by atoms with van der Waals surface area (Å²) in [7, 11) is -3.81. The van der Waals surface area contributed by atoms with E-state index >= 15 is 0 Å². The van der Waals surface area contributed by atoms with Gasteiger partial charge in [0.1, 0.15) is 0 Å². The molecule has 0 saturated carbocycles. The van der Waals surface area contributed by atoms with Crippen LogP contribution in [0, 0.1) is 6.92 Å². The molecule has 0 bridgehead atoms. The Hall–Kier alpha value is -2.44. The van der Waals surface area contributed by atoms with Crippen LogP contribution in [-0.4, -0.2) is 28.1 Å². The Balaban J connectivity index is 1.85. The van der Waals surface area contributed by atoms with Crippen molar-refractivity contribution in [3.8, 4) is 0 Å². The number of pyridine rings is 1. The van der Waals surface area contributed by atoms with Gasteiger partial charge in [-0.1, -0.05) is 30.7 Å². The van der Waals surface area contributed by atoms with Crippen LogP contribution < -0.4 is 0 Å². The first kappa shape index (κ1) is 20.8. The number of fused-ring (bicyclic) bond motifs is 1. The molecule has 2 heterocycles. The SMILES string of the molecule is Cc1ccc(S(=O)(=O)n2cc([C@H](C)[C@@](C)(O)C3=CCCCC3)c3cccnc32)cc1. The molecule has 1 N–H and O–H groups in total. The molecule has 0 radical (unpaired) electrons. The number of rotatable bonds is 5. The quantitative estimate of drug-likeness (QED) is 0.589. The monoisotopic (exact) mass is 424 g/mol. The lowest BCUT2D eigenvalue weighted by Crippen LogP contribution is -2.34. The molecule has 30 heavy (non-hydrogen) atoms. The first-order valence-corrected chi connectivity index (χ1v) is 11.9. The maximum absolute atomic E-state index is 13.4. The molecule has 2 atom stereocenters. The summed E-state index contributed by atoms with van der Waals surface area (Å²) in [5.74, 6) is -0.289. The van der Waals surface area contributed by atoms with Crippen LogP contribution in [0.4, 0.5) is 0 Å². The average molecular weight is 425 g/mol. The number of aliphatic hydroxyl groups is 1. The summed E-state index contributed by atoms with van der Waals surface area (Å²) >= 11 is 0. The number of benzene rings is 1. The second-order valence-corrected chi connectivity index (χ2v) is 10.2. The van der Waals surface area contributed by atoms with Gasteiger partial charge in [0.25, 0.3) is 10.0 Å². The van der Waals surface area contributed by atoms with E-state index in [4.69, 9.17) is 0 Å². The summed E-state index contributed by atoms with van der Waals surface area (Å²) in [5.41, 5.74) is 2.14. The third-order valence-electron chi connectivity index (χ3n) is 6.39. The highest BCUT2D eigenvalue weighted by Gasteiger charge is 2.36. The second kappa shape index (κ2) is 7.67. The molecule has 0 spiro atoms. The van der Waals surface area contributed by atoms with Crippen molar-refractivity contribution >= 4 is 21.1 Å². The molecule has 1 aliphatic carbocycles. The highest BCUT2D eigenvalue weighted by molar-refractivity contribution is 7.90. The van der Waals surface area contributed by atoms with Gasteiger partial charge >= 0.3 is 0 Å². The predicted octanol–water partition coefficient (Wildman–Crippen LogP) is 4.94. The molecular weight excluding hydrogens is 396 g/mol. The number of aromatic nitrogens is 2. The van der Waals surface area contributed by atoms with E-state index in [0.29, 0.717) is 5.65 Å². The van der Waals surface area contributed by atoms with Crippen molar-refractivity contribution in [1.29, 1.82) is 0 Å². The van der Waals surface area contributed by atoms with E-state index < -0.39 is 15.6 Å². The van der Waals surface area contributed by atoms with E-state index in [1.807, 2.05) is 26.8 Å². The number of hydrogen-bond acceptors (Lipinski definition) is 4. The Morgan fingerprint density at radius 2 is 1.90 bits per heavy atom. The van der Waals surface area contributed by atoms with Gasteiger partial charge in [-0.2, -0.15) is 0 Å². The zero-order valence-corrected chi connectivity index (χ0v) is 18.5. The zero-order valence-electron chi connectivity index (χ0n) is 17.7. The number of aryl methyl sites for hydroxylation is 1. The van der Waals surface area contributed by atoms with Crippen molar-refractivity contribution in [3.05, 3.63) is 71.6 Å². The lowest BCUT2D eigenvalue weighted by Gasteiger charge is -2.34. The van der Waals surface area contributed by atoms with E-state index in [2.05, 4.69) is 11.1 Å². The van der Waals surface area contributed by atoms with Crippen molar-refractivity contribution in [1.82, 2.24) is 8.96 Å². The molecule has 1 aromatic carbocycles. The highest BCUT2D eigenvalue weighted by Crippen LogP contribution is 2.41. The Labute approximate surface area is 178 Å². The minimum atomic E-state index is -3.81. The van der Waals surface area contributed by atoms with Crippen molar-refractivity contribution in [2.75, 3.05) is 0 Å². The van der Waals surface area contributed by atoms with Crippen molar-refractivity contribution < 1.29 is 13.5 Å². The normalized spacial score (nSPS) is 18.1. The fourth-order valence-corrected chi connectivity index (χ4v) is 5.62. The molecule has 3 aromatic rings. The minimum Gasteiger partial charge on any atom is -0.385 e. The van der Waals surface area contributed by atoms with Gasteiger partial charge in [-0.25, -0.2) is 17.4 Å². The molecule has 6 heteroatoms. The third kappa shape index (κ3) is 3.48. The van der Waals surface area contributed by atoms with Crippen molar-refractivity contribution in [3.63, 3.8) is 0 Å². The van der Waals surface area contributed by atoms with Crippen LogP contribution in [-0.2, 0) is 10.0 Å². The maximum atomic E-state index is 13.4. The second-order valence-electron chi connectivity index (χ2n) is 8.42. The molecule has 0 fully saturated rings. The summed E-state index contributed by atoms with van der Waals surface area (Å²) in [6, 6.07) is 10.5. The molecule has 158 valence electrons. The van der Waals surface area contributed by atoms with E-state index in [9.17, 15) is 13.5 Å². The average Bonchev–Trinajstić information content (AvgIpc) is 3.14. The predicted molar refractivity (Wildman–Crippen MR) is 119 cm³/mol. The standard InChI is InChI=1S/C24H28N2O3S/c1-17-11-13-20(14-12-17)30(28,29)26-16-22(21-10-7-15-25-23(21)26)18(2)24(3,27)19-8-5-4-6-9-19/h7-8,10-16,18,27H,4-6,9H2,1-3H3/t18-,24+/m0/s1. The Kier molecular flexibility index (Phi) is 5.32. The van der Waals surface area contributed by atoms with Gasteiger partial charge in [0.15, 0.2) is 5.65 Å². The summed E-state index contributed by atoms with van der Waals surface area (Å²) in [4.78, 5) is 4.59. The Morgan fingerprint density at radius 1 is 1.17 bits per heavy atom. The Bertz CT molecular complexity index is 1200. The highest BCUT2D eigenvalue weighted by atomic mass is 32.2. The van der Waals surface area contributed by atoms with Crippen molar-refractivity contribution in [2.45, 2.75) is 62.9 Å². The zero-order chi connectivity index (χ0) is 21.5. The van der Waals surface area contributed by atoms with Crippen LogP contribution in [0.3, 0.4) is 0 Å². The summed E-state index contributed by atoms with van der Waals surface area (Å²) in [6.45, 7) is 5.72. The first-order chi connectivity index (χ1) is 14.2. The van der Waals surface area contributed by atoms with Crippen LogP contribution in [0.2, 0.25) is 0 Å². The van der Waals surface area contributed by atoms with E-state index in [0.717, 1.165) is 47.8 Å². The lowest BCUT2D eigenvalue weighted by molar-refractivity contribution is 0.0688. The fourth-order valence-electron chi connectivity index (χ4n) is 4.29. The molecule has 2 aromatic heterocycles. The number of allylic oxidation sites excluding steroid dienone is 1. The molecule has 4 rings (SSSR count). The molecular formula is C24H28N2O3S. The molecule has 0 amide bonds. The summed E-state index contributed by atoms with van der Waals surface area (Å²) in [6.07, 6.45) is 9.43. The smallest absolute Gasteiger partial charge is 0.269 e. The van der Waals surface area contributed by atoms with Gasteiger partial charge in [-0.05, 0) is 74.9 Å². The van der Waals surface area contributed by atoms with Crippen LogP contribution >= 0.6 is 0 Å². The van der Waals surface area contributed by atoms with Crippen LogP contribution in [0.15, 0.2) is 65.3 Å². The molecule has 0 aliphatic heterocycles.